The van der Waals surface area contributed by atoms with Crippen molar-refractivity contribution in [2.75, 3.05) is 0 Å². The summed E-state index contributed by atoms with van der Waals surface area (Å²) in [6.45, 7) is 2.04. The fourth-order valence-electron chi connectivity index (χ4n) is 3.72. The number of ether oxygens (including phenoxy) is 1. The van der Waals surface area contributed by atoms with E-state index in [0.29, 0.717) is 12.8 Å². The second-order valence-corrected chi connectivity index (χ2v) is 7.22. The van der Waals surface area contributed by atoms with Crippen LogP contribution >= 0.6 is 11.6 Å². The van der Waals surface area contributed by atoms with Crippen LogP contribution in [-0.4, -0.2) is 28.7 Å². The van der Waals surface area contributed by atoms with Gasteiger partial charge in [0.1, 0.15) is 6.10 Å². The minimum Gasteiger partial charge on any atom is -0.462 e. The number of cyclic esters (lactones) is 1. The summed E-state index contributed by atoms with van der Waals surface area (Å²) in [5.41, 5.74) is 0. The van der Waals surface area contributed by atoms with E-state index in [0.717, 1.165) is 25.7 Å². The van der Waals surface area contributed by atoms with E-state index in [-0.39, 0.29) is 29.3 Å². The van der Waals surface area contributed by atoms with Gasteiger partial charge in [-0.05, 0) is 32.1 Å². The molecule has 0 radical (unpaired) electrons. The third-order valence-corrected chi connectivity index (χ3v) is 5.47. The minimum absolute atomic E-state index is 0.00295. The molecule has 1 fully saturated rings. The molecule has 2 rings (SSSR count). The van der Waals surface area contributed by atoms with Crippen molar-refractivity contribution < 1.29 is 14.6 Å². The highest BCUT2D eigenvalue weighted by molar-refractivity contribution is 6.21. The zero-order chi connectivity index (χ0) is 15.9. The maximum absolute atomic E-state index is 12.0. The standard InChI is InChI=1S/C18H29ClO3/c1-2-16-14-12-15(19)18(21)13(14)10-8-6-4-3-5-7-9-11-17(20)22-16/h8,10,13-16,18,21H,2-7,9,11-12H2,1H3/t13-,14+,15+,16-,18+/m0/s1. The summed E-state index contributed by atoms with van der Waals surface area (Å²) < 4.78 is 5.71. The molecule has 0 bridgehead atoms. The molecule has 0 aromatic carbocycles. The Bertz CT molecular complexity index is 383. The first-order chi connectivity index (χ1) is 10.6. The van der Waals surface area contributed by atoms with Crippen molar-refractivity contribution in [1.82, 2.24) is 0 Å². The summed E-state index contributed by atoms with van der Waals surface area (Å²) in [6.07, 6.45) is 12.2. The molecule has 1 aliphatic carbocycles. The van der Waals surface area contributed by atoms with E-state index in [4.69, 9.17) is 16.3 Å². The Labute approximate surface area is 139 Å². The van der Waals surface area contributed by atoms with Gasteiger partial charge in [-0.2, -0.15) is 0 Å². The Balaban J connectivity index is 2.12. The number of halogens is 1. The van der Waals surface area contributed by atoms with Gasteiger partial charge < -0.3 is 9.84 Å². The first-order valence-corrected chi connectivity index (χ1v) is 9.25. The first kappa shape index (κ1) is 17.8. The summed E-state index contributed by atoms with van der Waals surface area (Å²) in [5.74, 6) is 0.0352. The third kappa shape index (κ3) is 4.73. The fourth-order valence-corrected chi connectivity index (χ4v) is 4.10. The zero-order valence-corrected chi connectivity index (χ0v) is 14.3. The zero-order valence-electron chi connectivity index (χ0n) is 13.5. The van der Waals surface area contributed by atoms with E-state index < -0.39 is 6.10 Å². The highest BCUT2D eigenvalue weighted by Gasteiger charge is 2.44. The number of alkyl halides is 1. The van der Waals surface area contributed by atoms with Crippen LogP contribution in [-0.2, 0) is 9.53 Å². The average Bonchev–Trinajstić information content (AvgIpc) is 2.78. The molecular formula is C18H29ClO3. The first-order valence-electron chi connectivity index (χ1n) is 8.81. The van der Waals surface area contributed by atoms with E-state index >= 15 is 0 Å². The molecule has 1 heterocycles. The number of esters is 1. The number of hydrogen-bond acceptors (Lipinski definition) is 3. The normalized spacial score (nSPS) is 38.1. The van der Waals surface area contributed by atoms with Gasteiger partial charge in [0, 0.05) is 18.3 Å². The van der Waals surface area contributed by atoms with E-state index in [1.165, 1.54) is 19.3 Å². The molecule has 0 unspecified atom stereocenters. The largest absolute Gasteiger partial charge is 0.462 e. The number of carbonyl (C=O) groups excluding carboxylic acids is 1. The molecule has 0 aromatic rings. The van der Waals surface area contributed by atoms with Gasteiger partial charge in [0.25, 0.3) is 0 Å². The molecule has 126 valence electrons. The van der Waals surface area contributed by atoms with Gasteiger partial charge in [-0.25, -0.2) is 0 Å². The number of hydrogen-bond donors (Lipinski definition) is 1. The van der Waals surface area contributed by atoms with E-state index in [9.17, 15) is 9.90 Å². The quantitative estimate of drug-likeness (QED) is 0.445. The van der Waals surface area contributed by atoms with E-state index in [2.05, 4.69) is 12.2 Å². The van der Waals surface area contributed by atoms with Crippen LogP contribution in [0.3, 0.4) is 0 Å². The van der Waals surface area contributed by atoms with Gasteiger partial charge in [0.15, 0.2) is 0 Å². The Morgan fingerprint density at radius 2 is 2.00 bits per heavy atom. The summed E-state index contributed by atoms with van der Waals surface area (Å²) in [5, 5.41) is 10.1. The predicted octanol–water partition coefficient (Wildman–Crippen LogP) is 4.21. The molecule has 1 N–H and O–H groups in total. The third-order valence-electron chi connectivity index (χ3n) is 5.03. The lowest BCUT2D eigenvalue weighted by atomic mass is 9.87. The second-order valence-electron chi connectivity index (χ2n) is 6.65. The Morgan fingerprint density at radius 3 is 2.77 bits per heavy atom. The molecule has 2 aliphatic rings. The molecule has 4 heteroatoms. The topological polar surface area (TPSA) is 46.5 Å². The molecular weight excluding hydrogens is 300 g/mol. The van der Waals surface area contributed by atoms with E-state index in [1.54, 1.807) is 0 Å². The molecule has 3 nitrogen and oxygen atoms in total. The van der Waals surface area contributed by atoms with Gasteiger partial charge in [-0.15, -0.1) is 11.6 Å². The Kier molecular flexibility index (Phi) is 7.23. The van der Waals surface area contributed by atoms with Crippen LogP contribution in [0.1, 0.15) is 64.7 Å². The van der Waals surface area contributed by atoms with Crippen LogP contribution in [0, 0.1) is 11.8 Å². The molecule has 5 atom stereocenters. The number of fused-ring (bicyclic) bond motifs is 1. The van der Waals surface area contributed by atoms with Crippen molar-refractivity contribution in [1.29, 1.82) is 0 Å². The molecule has 0 spiro atoms. The van der Waals surface area contributed by atoms with Gasteiger partial charge >= 0.3 is 5.97 Å². The van der Waals surface area contributed by atoms with E-state index in [1.807, 2.05) is 6.92 Å². The second kappa shape index (κ2) is 8.93. The Morgan fingerprint density at radius 1 is 1.27 bits per heavy atom. The molecule has 0 saturated heterocycles. The number of aliphatic hydroxyl groups is 1. The number of carbonyl (C=O) groups is 1. The van der Waals surface area contributed by atoms with Gasteiger partial charge in [0.2, 0.25) is 0 Å². The highest BCUT2D eigenvalue weighted by atomic mass is 35.5. The van der Waals surface area contributed by atoms with Gasteiger partial charge in [-0.3, -0.25) is 4.79 Å². The SMILES string of the molecule is CC[C@@H]1OC(=O)CCCCCCCC=C[C@@H]2[C@@H](O)[C@H](Cl)C[C@H]21. The monoisotopic (exact) mass is 328 g/mol. The van der Waals surface area contributed by atoms with Crippen LogP contribution < -0.4 is 0 Å². The maximum Gasteiger partial charge on any atom is 0.306 e. The van der Waals surface area contributed by atoms with Crippen molar-refractivity contribution in [2.45, 2.75) is 82.3 Å². The smallest absolute Gasteiger partial charge is 0.306 e. The molecule has 1 aliphatic heterocycles. The van der Waals surface area contributed by atoms with Crippen molar-refractivity contribution in [3.05, 3.63) is 12.2 Å². The van der Waals surface area contributed by atoms with Crippen LogP contribution in [0.15, 0.2) is 12.2 Å². The molecule has 0 aromatic heterocycles. The van der Waals surface area contributed by atoms with Crippen LogP contribution in [0.2, 0.25) is 0 Å². The fraction of sp³-hybridized carbons (Fsp3) is 0.833. The number of aliphatic hydroxyl groups excluding tert-OH is 1. The van der Waals surface area contributed by atoms with Crippen LogP contribution in [0.25, 0.3) is 0 Å². The summed E-state index contributed by atoms with van der Waals surface area (Å²) in [7, 11) is 0. The lowest BCUT2D eigenvalue weighted by molar-refractivity contribution is -0.153. The van der Waals surface area contributed by atoms with Gasteiger partial charge in [0.05, 0.1) is 11.5 Å². The summed E-state index contributed by atoms with van der Waals surface area (Å²) >= 11 is 6.28. The number of allylic oxidation sites excluding steroid dienone is 1. The Hall–Kier alpha value is -0.540. The van der Waals surface area contributed by atoms with Gasteiger partial charge in [-0.1, -0.05) is 38.3 Å². The van der Waals surface area contributed by atoms with Crippen LogP contribution in [0.4, 0.5) is 0 Å². The predicted molar refractivity (Wildman–Crippen MR) is 88.9 cm³/mol. The lowest BCUT2D eigenvalue weighted by Gasteiger charge is -2.27. The average molecular weight is 329 g/mol. The van der Waals surface area contributed by atoms with Crippen LogP contribution in [0.5, 0.6) is 0 Å². The summed E-state index contributed by atoms with van der Waals surface area (Å²) in [6, 6.07) is 0. The van der Waals surface area contributed by atoms with Crippen molar-refractivity contribution in [3.63, 3.8) is 0 Å². The minimum atomic E-state index is -0.538. The molecule has 1 saturated carbocycles. The summed E-state index contributed by atoms with van der Waals surface area (Å²) in [4.78, 5) is 12.0. The highest BCUT2D eigenvalue weighted by Crippen LogP contribution is 2.40. The van der Waals surface area contributed by atoms with Crippen molar-refractivity contribution >= 4 is 17.6 Å². The lowest BCUT2D eigenvalue weighted by Crippen LogP contribution is -2.31. The number of rotatable bonds is 1. The molecule has 0 amide bonds. The molecule has 22 heavy (non-hydrogen) atoms. The maximum atomic E-state index is 12.0. The van der Waals surface area contributed by atoms with Crippen molar-refractivity contribution in [2.24, 2.45) is 11.8 Å². The van der Waals surface area contributed by atoms with Crippen molar-refractivity contribution in [3.8, 4) is 0 Å².